The fraction of sp³-hybridized carbons (Fsp3) is 0.306. The molecule has 3 heterocycles. The maximum atomic E-state index is 13.8. The van der Waals surface area contributed by atoms with Gasteiger partial charge in [-0.05, 0) is 92.3 Å². The van der Waals surface area contributed by atoms with Gasteiger partial charge in [-0.1, -0.05) is 48.5 Å². The van der Waals surface area contributed by atoms with Gasteiger partial charge in [0.25, 0.3) is 5.91 Å². The second-order valence-corrected chi connectivity index (χ2v) is 12.7. The Balaban J connectivity index is 1.10. The van der Waals surface area contributed by atoms with Gasteiger partial charge in [-0.2, -0.15) is 0 Å². The first-order valence-electron chi connectivity index (χ1n) is 15.3. The van der Waals surface area contributed by atoms with Crippen molar-refractivity contribution in [3.63, 3.8) is 0 Å². The quantitative estimate of drug-likeness (QED) is 0.150. The lowest BCUT2D eigenvalue weighted by atomic mass is 9.90. The van der Waals surface area contributed by atoms with Crippen LogP contribution in [0.25, 0.3) is 11.0 Å². The molecule has 1 aliphatic rings. The minimum Gasteiger partial charge on any atom is -0.341 e. The monoisotopic (exact) mass is 608 g/mol. The van der Waals surface area contributed by atoms with Crippen molar-refractivity contribution in [1.29, 1.82) is 0 Å². The van der Waals surface area contributed by atoms with E-state index < -0.39 is 0 Å². The molecule has 1 fully saturated rings. The summed E-state index contributed by atoms with van der Waals surface area (Å²) in [6.45, 7) is 3.68. The van der Waals surface area contributed by atoms with Crippen molar-refractivity contribution in [3.05, 3.63) is 124 Å². The van der Waals surface area contributed by atoms with E-state index >= 15 is 0 Å². The Kier molecular flexibility index (Phi) is 9.28. The zero-order chi connectivity index (χ0) is 30.5. The van der Waals surface area contributed by atoms with Gasteiger partial charge in [-0.3, -0.25) is 9.59 Å². The number of thiophene rings is 1. The molecule has 0 saturated carbocycles. The highest BCUT2D eigenvalue weighted by molar-refractivity contribution is 7.09. The van der Waals surface area contributed by atoms with Gasteiger partial charge in [0.15, 0.2) is 5.82 Å². The van der Waals surface area contributed by atoms with Gasteiger partial charge in [0, 0.05) is 35.9 Å². The largest absolute Gasteiger partial charge is 0.341 e. The van der Waals surface area contributed by atoms with Crippen molar-refractivity contribution in [3.8, 4) is 0 Å². The molecule has 5 aromatic rings. The third kappa shape index (κ3) is 6.82. The zero-order valence-electron chi connectivity index (χ0n) is 24.9. The number of amides is 1. The number of likely N-dealkylation sites (tertiary alicyclic amines) is 1. The smallest absolute Gasteiger partial charge is 0.253 e. The van der Waals surface area contributed by atoms with Crippen LogP contribution in [-0.2, 0) is 6.54 Å². The second kappa shape index (κ2) is 13.7. The summed E-state index contributed by atoms with van der Waals surface area (Å²) in [4.78, 5) is 37.1. The van der Waals surface area contributed by atoms with Crippen molar-refractivity contribution >= 4 is 34.1 Å². The van der Waals surface area contributed by atoms with E-state index in [0.717, 1.165) is 55.5 Å². The Morgan fingerprint density at radius 3 is 2.41 bits per heavy atom. The minimum atomic E-state index is -0.267. The molecule has 0 radical (unpaired) electrons. The van der Waals surface area contributed by atoms with Gasteiger partial charge in [-0.15, -0.1) is 11.3 Å². The maximum Gasteiger partial charge on any atom is 0.253 e. The number of halogens is 1. The first kappa shape index (κ1) is 29.9. The van der Waals surface area contributed by atoms with Gasteiger partial charge in [-0.25, -0.2) is 9.37 Å². The summed E-state index contributed by atoms with van der Waals surface area (Å²) in [7, 11) is 1.83. The number of hydrogen-bond acceptors (Lipinski definition) is 5. The zero-order valence-corrected chi connectivity index (χ0v) is 25.8. The average Bonchev–Trinajstić information content (AvgIpc) is 3.72. The Morgan fingerprint density at radius 2 is 1.68 bits per heavy atom. The molecule has 8 heteroatoms. The van der Waals surface area contributed by atoms with E-state index in [-0.39, 0.29) is 29.3 Å². The number of fused-ring (bicyclic) bond motifs is 1. The summed E-state index contributed by atoms with van der Waals surface area (Å²) >= 11 is 1.69. The van der Waals surface area contributed by atoms with Crippen LogP contribution in [0.3, 0.4) is 0 Å². The van der Waals surface area contributed by atoms with E-state index in [0.29, 0.717) is 24.5 Å². The van der Waals surface area contributed by atoms with Crippen LogP contribution in [0.5, 0.6) is 0 Å². The minimum absolute atomic E-state index is 0.0258. The van der Waals surface area contributed by atoms with Crippen molar-refractivity contribution in [2.45, 2.75) is 31.7 Å². The molecule has 3 aromatic carbocycles. The summed E-state index contributed by atoms with van der Waals surface area (Å²) < 4.78 is 15.8. The molecule has 0 N–H and O–H groups in total. The van der Waals surface area contributed by atoms with Crippen molar-refractivity contribution in [2.75, 3.05) is 33.2 Å². The molecular formula is C36H37FN4O2S. The van der Waals surface area contributed by atoms with Gasteiger partial charge < -0.3 is 14.4 Å². The molecule has 44 heavy (non-hydrogen) atoms. The van der Waals surface area contributed by atoms with Crippen molar-refractivity contribution in [1.82, 2.24) is 19.4 Å². The van der Waals surface area contributed by atoms with E-state index in [2.05, 4.69) is 20.9 Å². The molecule has 6 nitrogen and oxygen atoms in total. The Morgan fingerprint density at radius 1 is 0.955 bits per heavy atom. The molecule has 226 valence electrons. The number of benzene rings is 3. The van der Waals surface area contributed by atoms with E-state index in [1.165, 1.54) is 17.0 Å². The van der Waals surface area contributed by atoms with Gasteiger partial charge in [0.1, 0.15) is 5.82 Å². The standard InChI is InChI=1S/C36H37FN4O2S/c1-39(36(43)28-8-3-2-4-9-28)24-29(26-13-15-30(37)16-14-26)19-22-40-20-17-27(18-21-40)34(42)35-38-32-11-5-6-12-33(32)41(35)25-31-10-7-23-44-31/h2-16,23,27,29H,17-22,24-25H2,1H3. The van der Waals surface area contributed by atoms with Gasteiger partial charge in [0.05, 0.1) is 17.6 Å². The molecule has 0 aliphatic carbocycles. The molecule has 1 unspecified atom stereocenters. The second-order valence-electron chi connectivity index (χ2n) is 11.7. The SMILES string of the molecule is CN(CC(CCN1CCC(C(=O)c2nc3ccccc3n2Cc2cccs2)CC1)c1ccc(F)cc1)C(=O)c1ccccc1. The number of Topliss-reactive ketones (excluding diaryl/α,β-unsaturated/α-hetero) is 1. The third-order valence-corrected chi connectivity index (χ3v) is 9.59. The van der Waals surface area contributed by atoms with Crippen molar-refractivity contribution in [2.24, 2.45) is 5.92 Å². The molecule has 6 rings (SSSR count). The fourth-order valence-corrected chi connectivity index (χ4v) is 6.93. The van der Waals surface area contributed by atoms with E-state index in [1.807, 2.05) is 79.8 Å². The number of piperidine rings is 1. The Bertz CT molecular complexity index is 1690. The number of ketones is 1. The number of aromatic nitrogens is 2. The number of para-hydroxylation sites is 2. The number of carbonyl (C=O) groups excluding carboxylic acids is 2. The molecule has 0 spiro atoms. The highest BCUT2D eigenvalue weighted by Gasteiger charge is 2.30. The summed E-state index contributed by atoms with van der Waals surface area (Å²) in [5.41, 5.74) is 3.52. The fourth-order valence-electron chi connectivity index (χ4n) is 6.23. The molecular weight excluding hydrogens is 571 g/mol. The highest BCUT2D eigenvalue weighted by Crippen LogP contribution is 2.28. The topological polar surface area (TPSA) is 58.4 Å². The van der Waals surface area contributed by atoms with Crippen LogP contribution in [-0.4, -0.2) is 64.3 Å². The average molecular weight is 609 g/mol. The molecule has 0 bridgehead atoms. The van der Waals surface area contributed by atoms with E-state index in [9.17, 15) is 14.0 Å². The van der Waals surface area contributed by atoms with E-state index in [1.54, 1.807) is 16.2 Å². The van der Waals surface area contributed by atoms with E-state index in [4.69, 9.17) is 4.98 Å². The van der Waals surface area contributed by atoms with Crippen LogP contribution in [0.2, 0.25) is 0 Å². The highest BCUT2D eigenvalue weighted by atomic mass is 32.1. The van der Waals surface area contributed by atoms with Gasteiger partial charge in [0.2, 0.25) is 5.78 Å². The predicted molar refractivity (Wildman–Crippen MR) is 174 cm³/mol. The number of imidazole rings is 1. The summed E-state index contributed by atoms with van der Waals surface area (Å²) in [6.07, 6.45) is 2.40. The van der Waals surface area contributed by atoms with Crippen LogP contribution in [0.4, 0.5) is 4.39 Å². The Labute approximate surface area is 261 Å². The number of carbonyl (C=O) groups is 2. The summed E-state index contributed by atoms with van der Waals surface area (Å²) in [5, 5.41) is 2.06. The molecule has 2 aromatic heterocycles. The lowest BCUT2D eigenvalue weighted by Gasteiger charge is -2.33. The van der Waals surface area contributed by atoms with Crippen LogP contribution < -0.4 is 0 Å². The first-order chi connectivity index (χ1) is 21.5. The predicted octanol–water partition coefficient (Wildman–Crippen LogP) is 7.13. The third-order valence-electron chi connectivity index (χ3n) is 8.72. The molecule has 1 saturated heterocycles. The summed E-state index contributed by atoms with van der Waals surface area (Å²) in [5.74, 6) is 0.389. The Hall–Kier alpha value is -4.14. The lowest BCUT2D eigenvalue weighted by molar-refractivity contribution is 0.0779. The summed E-state index contributed by atoms with van der Waals surface area (Å²) in [6, 6.07) is 28.0. The number of nitrogens with zero attached hydrogens (tertiary/aromatic N) is 4. The van der Waals surface area contributed by atoms with Crippen LogP contribution in [0.1, 0.15) is 56.6 Å². The van der Waals surface area contributed by atoms with Crippen molar-refractivity contribution < 1.29 is 14.0 Å². The number of rotatable bonds is 11. The van der Waals surface area contributed by atoms with Crippen LogP contribution in [0, 0.1) is 11.7 Å². The number of hydrogen-bond donors (Lipinski definition) is 0. The molecule has 1 aliphatic heterocycles. The maximum absolute atomic E-state index is 13.8. The molecule has 1 atom stereocenters. The number of likely N-dealkylation sites (N-methyl/N-ethyl adjacent to an activating group) is 1. The van der Waals surface area contributed by atoms with Crippen LogP contribution >= 0.6 is 11.3 Å². The van der Waals surface area contributed by atoms with Crippen LogP contribution in [0.15, 0.2) is 96.4 Å². The van der Waals surface area contributed by atoms with Gasteiger partial charge >= 0.3 is 0 Å². The lowest BCUT2D eigenvalue weighted by Crippen LogP contribution is -2.38. The molecule has 1 amide bonds. The first-order valence-corrected chi connectivity index (χ1v) is 16.1. The normalized spacial score (nSPS) is 15.0.